The summed E-state index contributed by atoms with van der Waals surface area (Å²) in [5, 5.41) is 11.6. The van der Waals surface area contributed by atoms with Gasteiger partial charge in [-0.2, -0.15) is 0 Å². The normalized spacial score (nSPS) is 12.2. The van der Waals surface area contributed by atoms with Crippen molar-refractivity contribution in [3.8, 4) is 16.9 Å². The summed E-state index contributed by atoms with van der Waals surface area (Å²) in [5.74, 6) is -3.71. The van der Waals surface area contributed by atoms with E-state index in [0.29, 0.717) is 28.7 Å². The number of benzene rings is 4. The van der Waals surface area contributed by atoms with E-state index < -0.39 is 35.8 Å². The van der Waals surface area contributed by atoms with Gasteiger partial charge in [0.2, 0.25) is 0 Å². The highest BCUT2D eigenvalue weighted by Gasteiger charge is 2.31. The van der Waals surface area contributed by atoms with Gasteiger partial charge in [0.1, 0.15) is 17.4 Å². The average molecular weight is 609 g/mol. The number of nitrogens with one attached hydrogen (secondary N) is 2. The molecule has 1 amide bonds. The molecule has 0 aliphatic carbocycles. The molecule has 6 nitrogen and oxygen atoms in total. The number of aromatic nitrogens is 1. The van der Waals surface area contributed by atoms with E-state index in [2.05, 4.69) is 15.0 Å². The lowest BCUT2D eigenvalue weighted by Crippen LogP contribution is -2.25. The van der Waals surface area contributed by atoms with Gasteiger partial charge in [0.25, 0.3) is 5.91 Å². The Morgan fingerprint density at radius 1 is 0.909 bits per heavy atom. The standard InChI is InChI=1S/C33H25F5N2O4/c34-24-16-28(35)31-27(18-40-29(31)17-24)26(14-19-4-6-21(7-5-19)32(43)39-13-12-30(41)42)23-3-1-2-22(15-23)20-8-10-25(11-9-20)44-33(36,37)38/h1-11,15-18,26,40H,12-14H2,(H,39,43)(H,41,42). The van der Waals surface area contributed by atoms with Crippen LogP contribution in [0.4, 0.5) is 22.0 Å². The predicted molar refractivity (Wildman–Crippen MR) is 153 cm³/mol. The average Bonchev–Trinajstić information content (AvgIpc) is 3.39. The zero-order chi connectivity index (χ0) is 31.4. The van der Waals surface area contributed by atoms with Crippen molar-refractivity contribution in [2.45, 2.75) is 25.1 Å². The number of rotatable bonds is 10. The number of fused-ring (bicyclic) bond motifs is 1. The maximum absolute atomic E-state index is 15.1. The Morgan fingerprint density at radius 2 is 1.64 bits per heavy atom. The number of hydrogen-bond donors (Lipinski definition) is 3. The number of H-pyrrole nitrogens is 1. The van der Waals surface area contributed by atoms with Crippen LogP contribution < -0.4 is 10.1 Å². The van der Waals surface area contributed by atoms with Crippen LogP contribution in [0.5, 0.6) is 5.75 Å². The lowest BCUT2D eigenvalue weighted by Gasteiger charge is -2.19. The van der Waals surface area contributed by atoms with Gasteiger partial charge < -0.3 is 20.1 Å². The molecule has 5 rings (SSSR count). The van der Waals surface area contributed by atoms with Crippen LogP contribution in [0.1, 0.15) is 39.4 Å². The maximum atomic E-state index is 15.1. The molecule has 1 unspecified atom stereocenters. The van der Waals surface area contributed by atoms with E-state index in [1.165, 1.54) is 30.3 Å². The molecule has 0 aliphatic rings. The third kappa shape index (κ3) is 7.23. The number of halogens is 5. The Bertz CT molecular complexity index is 1800. The van der Waals surface area contributed by atoms with Crippen molar-refractivity contribution in [3.63, 3.8) is 0 Å². The highest BCUT2D eigenvalue weighted by atomic mass is 19.4. The minimum absolute atomic E-state index is 0.0147. The van der Waals surface area contributed by atoms with Crippen molar-refractivity contribution in [2.75, 3.05) is 6.54 Å². The predicted octanol–water partition coefficient (Wildman–Crippen LogP) is 7.59. The Morgan fingerprint density at radius 3 is 2.32 bits per heavy atom. The summed E-state index contributed by atoms with van der Waals surface area (Å²) in [6.45, 7) is -0.0147. The van der Waals surface area contributed by atoms with E-state index >= 15 is 4.39 Å². The molecule has 5 aromatic rings. The minimum Gasteiger partial charge on any atom is -0.481 e. The summed E-state index contributed by atoms with van der Waals surface area (Å²) >= 11 is 0. The summed E-state index contributed by atoms with van der Waals surface area (Å²) < 4.78 is 70.9. The van der Waals surface area contributed by atoms with Crippen molar-refractivity contribution < 1.29 is 41.4 Å². The van der Waals surface area contributed by atoms with Gasteiger partial charge in [-0.15, -0.1) is 13.2 Å². The molecule has 3 N–H and O–H groups in total. The first-order chi connectivity index (χ1) is 21.0. The van der Waals surface area contributed by atoms with Gasteiger partial charge in [0, 0.05) is 35.7 Å². The molecule has 0 bridgehead atoms. The summed E-state index contributed by atoms with van der Waals surface area (Å²) in [5.41, 5.74) is 4.08. The van der Waals surface area contributed by atoms with Crippen LogP contribution in [-0.2, 0) is 11.2 Å². The Hall–Kier alpha value is -5.19. The van der Waals surface area contributed by atoms with Crippen molar-refractivity contribution >= 4 is 22.8 Å². The largest absolute Gasteiger partial charge is 0.573 e. The fourth-order valence-electron chi connectivity index (χ4n) is 5.09. The van der Waals surface area contributed by atoms with Gasteiger partial charge in [-0.05, 0) is 64.6 Å². The molecule has 44 heavy (non-hydrogen) atoms. The van der Waals surface area contributed by atoms with Gasteiger partial charge in [-0.25, -0.2) is 8.78 Å². The first-order valence-electron chi connectivity index (χ1n) is 13.5. The Labute approximate surface area is 248 Å². The number of carbonyl (C=O) groups is 2. The van der Waals surface area contributed by atoms with E-state index in [-0.39, 0.29) is 29.6 Å². The SMILES string of the molecule is O=C(O)CCNC(=O)c1ccc(CC(c2cccc(-c3ccc(OC(F)(F)F)cc3)c2)c2c[nH]c3cc(F)cc(F)c23)cc1. The number of amides is 1. The van der Waals surface area contributed by atoms with Crippen LogP contribution in [0.15, 0.2) is 91.1 Å². The van der Waals surface area contributed by atoms with Crippen LogP contribution in [0.3, 0.4) is 0 Å². The third-order valence-corrected chi connectivity index (χ3v) is 7.09. The van der Waals surface area contributed by atoms with Crippen LogP contribution in [0, 0.1) is 11.6 Å². The molecule has 1 heterocycles. The van der Waals surface area contributed by atoms with Crippen LogP contribution in [0.25, 0.3) is 22.0 Å². The van der Waals surface area contributed by atoms with Crippen LogP contribution >= 0.6 is 0 Å². The number of ether oxygens (including phenoxy) is 1. The molecule has 11 heteroatoms. The highest BCUT2D eigenvalue weighted by molar-refractivity contribution is 5.94. The molecule has 4 aromatic carbocycles. The highest BCUT2D eigenvalue weighted by Crippen LogP contribution is 2.37. The maximum Gasteiger partial charge on any atom is 0.573 e. The van der Waals surface area contributed by atoms with Crippen LogP contribution in [0.2, 0.25) is 0 Å². The molecule has 0 radical (unpaired) electrons. The molecule has 0 saturated carbocycles. The Kier molecular flexibility index (Phi) is 8.66. The second-order valence-corrected chi connectivity index (χ2v) is 10.1. The Balaban J connectivity index is 1.48. The van der Waals surface area contributed by atoms with Gasteiger partial charge in [0.05, 0.1) is 11.9 Å². The molecule has 1 atom stereocenters. The second-order valence-electron chi connectivity index (χ2n) is 10.1. The summed E-state index contributed by atoms with van der Waals surface area (Å²) in [4.78, 5) is 26.1. The number of alkyl halides is 3. The summed E-state index contributed by atoms with van der Waals surface area (Å²) in [6, 6.07) is 21.4. The molecular formula is C33H25F5N2O4. The van der Waals surface area contributed by atoms with E-state index in [0.717, 1.165) is 17.2 Å². The number of carboxylic acids is 1. The molecule has 226 valence electrons. The van der Waals surface area contributed by atoms with Crippen LogP contribution in [-0.4, -0.2) is 34.9 Å². The molecular weight excluding hydrogens is 583 g/mol. The lowest BCUT2D eigenvalue weighted by atomic mass is 9.84. The zero-order valence-corrected chi connectivity index (χ0v) is 22.9. The molecule has 0 aliphatic heterocycles. The van der Waals surface area contributed by atoms with Crippen molar-refractivity contribution in [2.24, 2.45) is 0 Å². The van der Waals surface area contributed by atoms with Crippen molar-refractivity contribution in [3.05, 3.63) is 125 Å². The van der Waals surface area contributed by atoms with Gasteiger partial charge >= 0.3 is 12.3 Å². The lowest BCUT2D eigenvalue weighted by molar-refractivity contribution is -0.274. The zero-order valence-electron chi connectivity index (χ0n) is 22.9. The monoisotopic (exact) mass is 608 g/mol. The first-order valence-corrected chi connectivity index (χ1v) is 13.5. The number of carbonyl (C=O) groups excluding carboxylic acids is 1. The summed E-state index contributed by atoms with van der Waals surface area (Å²) in [7, 11) is 0. The fourth-order valence-corrected chi connectivity index (χ4v) is 5.09. The number of aromatic amines is 1. The second kappa shape index (κ2) is 12.6. The smallest absolute Gasteiger partial charge is 0.481 e. The quantitative estimate of drug-likeness (QED) is 0.143. The number of hydrogen-bond acceptors (Lipinski definition) is 3. The van der Waals surface area contributed by atoms with Crippen molar-refractivity contribution in [1.29, 1.82) is 0 Å². The molecule has 0 fully saturated rings. The molecule has 0 spiro atoms. The minimum atomic E-state index is -4.81. The van der Waals surface area contributed by atoms with Gasteiger partial charge in [-0.3, -0.25) is 9.59 Å². The molecule has 0 saturated heterocycles. The van der Waals surface area contributed by atoms with Crippen molar-refractivity contribution in [1.82, 2.24) is 10.3 Å². The van der Waals surface area contributed by atoms with E-state index in [9.17, 15) is 27.2 Å². The first kappa shape index (κ1) is 30.3. The van der Waals surface area contributed by atoms with E-state index in [1.807, 2.05) is 12.1 Å². The number of aliphatic carboxylic acids is 1. The summed E-state index contributed by atoms with van der Waals surface area (Å²) in [6.07, 6.45) is -3.04. The number of carboxylic acid groups (broad SMARTS) is 1. The van der Waals surface area contributed by atoms with Gasteiger partial charge in [0.15, 0.2) is 0 Å². The molecule has 1 aromatic heterocycles. The topological polar surface area (TPSA) is 91.4 Å². The van der Waals surface area contributed by atoms with Gasteiger partial charge in [-0.1, -0.05) is 48.5 Å². The third-order valence-electron chi connectivity index (χ3n) is 7.09. The van der Waals surface area contributed by atoms with E-state index in [1.54, 1.807) is 42.6 Å². The van der Waals surface area contributed by atoms with E-state index in [4.69, 9.17) is 5.11 Å². The fraction of sp³-hybridized carbons (Fsp3) is 0.152.